The van der Waals surface area contributed by atoms with Crippen LogP contribution in [0.5, 0.6) is 0 Å². The first kappa shape index (κ1) is 18.5. The molecule has 1 atom stereocenters. The summed E-state index contributed by atoms with van der Waals surface area (Å²) in [6, 6.07) is 12.6. The van der Waals surface area contributed by atoms with Crippen LogP contribution < -0.4 is 0 Å². The van der Waals surface area contributed by atoms with Gasteiger partial charge < -0.3 is 9.47 Å². The van der Waals surface area contributed by atoms with Crippen LogP contribution in [0.4, 0.5) is 0 Å². The number of hydrogen-bond acceptors (Lipinski definition) is 3. The number of carbonyl (C=O) groups is 2. The van der Waals surface area contributed by atoms with E-state index in [1.807, 2.05) is 29.9 Å². The molecule has 1 fully saturated rings. The molecular formula is C21H21ClN4O2. The fourth-order valence-electron chi connectivity index (χ4n) is 3.69. The predicted molar refractivity (Wildman–Crippen MR) is 107 cm³/mol. The Morgan fingerprint density at radius 1 is 1.21 bits per heavy atom. The minimum Gasteiger partial charge on any atom is -0.349 e. The van der Waals surface area contributed by atoms with Gasteiger partial charge in [-0.25, -0.2) is 0 Å². The molecule has 3 aromatic rings. The number of nitrogens with one attached hydrogen (secondary N) is 1. The van der Waals surface area contributed by atoms with Gasteiger partial charge in [-0.2, -0.15) is 5.10 Å². The largest absolute Gasteiger partial charge is 0.349 e. The highest BCUT2D eigenvalue weighted by atomic mass is 35.5. The zero-order valence-electron chi connectivity index (χ0n) is 15.6. The summed E-state index contributed by atoms with van der Waals surface area (Å²) in [4.78, 5) is 27.5. The number of H-pyrrole nitrogens is 1. The van der Waals surface area contributed by atoms with Crippen molar-refractivity contribution in [2.24, 2.45) is 13.0 Å². The van der Waals surface area contributed by atoms with E-state index in [9.17, 15) is 9.59 Å². The molecule has 1 aliphatic heterocycles. The van der Waals surface area contributed by atoms with Crippen molar-refractivity contribution >= 4 is 23.3 Å². The van der Waals surface area contributed by atoms with E-state index < -0.39 is 0 Å². The Morgan fingerprint density at radius 2 is 2.00 bits per heavy atom. The summed E-state index contributed by atoms with van der Waals surface area (Å²) in [5.41, 5.74) is 2.73. The van der Waals surface area contributed by atoms with Crippen molar-refractivity contribution in [3.63, 3.8) is 0 Å². The van der Waals surface area contributed by atoms with Gasteiger partial charge in [0.1, 0.15) is 11.4 Å². The van der Waals surface area contributed by atoms with E-state index in [-0.39, 0.29) is 17.6 Å². The van der Waals surface area contributed by atoms with Gasteiger partial charge in [-0.05, 0) is 55.3 Å². The lowest BCUT2D eigenvalue weighted by Crippen LogP contribution is -2.42. The van der Waals surface area contributed by atoms with E-state index in [2.05, 4.69) is 10.2 Å². The molecule has 2 aromatic heterocycles. The molecular weight excluding hydrogens is 376 g/mol. The van der Waals surface area contributed by atoms with Crippen molar-refractivity contribution in [3.8, 4) is 11.4 Å². The highest BCUT2D eigenvalue weighted by molar-refractivity contribution is 6.30. The summed E-state index contributed by atoms with van der Waals surface area (Å²) >= 11 is 5.91. The van der Waals surface area contributed by atoms with Crippen LogP contribution in [0.25, 0.3) is 11.4 Å². The average Bonchev–Trinajstić information content (AvgIpc) is 3.36. The number of aromatic nitrogens is 3. The fraction of sp³-hybridized carbons (Fsp3) is 0.286. The lowest BCUT2D eigenvalue weighted by Gasteiger charge is -2.31. The molecule has 0 saturated carbocycles. The Balaban J connectivity index is 1.48. The third-order valence-electron chi connectivity index (χ3n) is 5.22. The molecule has 1 N–H and O–H groups in total. The molecule has 1 saturated heterocycles. The SMILES string of the molecule is Cn1cccc1-c1cc(C(=O)N2CCCC(C(=O)c3ccc(Cl)cc3)C2)[nH]n1. The minimum atomic E-state index is -0.200. The number of carbonyl (C=O) groups excluding carboxylic acids is 2. The first-order valence-corrected chi connectivity index (χ1v) is 9.67. The van der Waals surface area contributed by atoms with E-state index in [1.165, 1.54) is 0 Å². The van der Waals surface area contributed by atoms with Gasteiger partial charge >= 0.3 is 0 Å². The Hall–Kier alpha value is -2.86. The number of hydrogen-bond donors (Lipinski definition) is 1. The van der Waals surface area contributed by atoms with Crippen LogP contribution in [0.15, 0.2) is 48.7 Å². The first-order valence-electron chi connectivity index (χ1n) is 9.29. The van der Waals surface area contributed by atoms with E-state index in [4.69, 9.17) is 11.6 Å². The molecule has 0 bridgehead atoms. The number of ketones is 1. The molecule has 0 radical (unpaired) electrons. The van der Waals surface area contributed by atoms with Crippen LogP contribution in [0.2, 0.25) is 5.02 Å². The quantitative estimate of drug-likeness (QED) is 0.682. The number of likely N-dealkylation sites (tertiary alicyclic amines) is 1. The van der Waals surface area contributed by atoms with Gasteiger partial charge in [0.05, 0.1) is 5.69 Å². The van der Waals surface area contributed by atoms with Crippen molar-refractivity contribution in [3.05, 3.63) is 64.9 Å². The monoisotopic (exact) mass is 396 g/mol. The smallest absolute Gasteiger partial charge is 0.271 e. The molecule has 1 aromatic carbocycles. The molecule has 1 unspecified atom stereocenters. The molecule has 3 heterocycles. The predicted octanol–water partition coefficient (Wildman–Crippen LogP) is 3.80. The van der Waals surface area contributed by atoms with Crippen molar-refractivity contribution in [2.45, 2.75) is 12.8 Å². The summed E-state index contributed by atoms with van der Waals surface area (Å²) in [5, 5.41) is 7.72. The Bertz CT molecular complexity index is 1010. The molecule has 1 amide bonds. The molecule has 28 heavy (non-hydrogen) atoms. The number of aryl methyl sites for hydroxylation is 1. The summed E-state index contributed by atoms with van der Waals surface area (Å²) in [5.74, 6) is -0.265. The van der Waals surface area contributed by atoms with Crippen LogP contribution >= 0.6 is 11.6 Å². The number of benzene rings is 1. The molecule has 7 heteroatoms. The van der Waals surface area contributed by atoms with Crippen molar-refractivity contribution in [2.75, 3.05) is 13.1 Å². The van der Waals surface area contributed by atoms with Gasteiger partial charge in [-0.1, -0.05) is 11.6 Å². The highest BCUT2D eigenvalue weighted by Gasteiger charge is 2.30. The fourth-order valence-corrected chi connectivity index (χ4v) is 3.81. The van der Waals surface area contributed by atoms with Gasteiger partial charge in [0.15, 0.2) is 5.78 Å². The molecule has 0 spiro atoms. The van der Waals surface area contributed by atoms with Gasteiger partial charge in [-0.15, -0.1) is 0 Å². The summed E-state index contributed by atoms with van der Waals surface area (Å²) in [6.45, 7) is 1.06. The maximum atomic E-state index is 12.9. The van der Waals surface area contributed by atoms with Gasteiger partial charge in [0, 0.05) is 42.8 Å². The van der Waals surface area contributed by atoms with Crippen LogP contribution in [0.1, 0.15) is 33.7 Å². The summed E-state index contributed by atoms with van der Waals surface area (Å²) < 4.78 is 1.95. The van der Waals surface area contributed by atoms with Crippen LogP contribution in [0, 0.1) is 5.92 Å². The summed E-state index contributed by atoms with van der Waals surface area (Å²) in [6.07, 6.45) is 3.51. The van der Waals surface area contributed by atoms with Crippen molar-refractivity contribution < 1.29 is 9.59 Å². The van der Waals surface area contributed by atoms with Crippen LogP contribution in [-0.4, -0.2) is 44.4 Å². The average molecular weight is 397 g/mol. The molecule has 144 valence electrons. The molecule has 4 rings (SSSR count). The van der Waals surface area contributed by atoms with E-state index in [0.29, 0.717) is 29.4 Å². The maximum absolute atomic E-state index is 12.9. The number of rotatable bonds is 4. The first-order chi connectivity index (χ1) is 13.5. The molecule has 0 aliphatic carbocycles. The standard InChI is InChI=1S/C21H21ClN4O2/c1-25-10-3-5-19(25)17-12-18(24-23-17)21(28)26-11-2-4-15(13-26)20(27)14-6-8-16(22)9-7-14/h3,5-10,12,15H,2,4,11,13H2,1H3,(H,23,24). The second-order valence-electron chi connectivity index (χ2n) is 7.13. The molecule has 1 aliphatic rings. The Morgan fingerprint density at radius 3 is 2.71 bits per heavy atom. The van der Waals surface area contributed by atoms with Gasteiger partial charge in [-0.3, -0.25) is 14.7 Å². The lowest BCUT2D eigenvalue weighted by molar-refractivity contribution is 0.0632. The minimum absolute atomic E-state index is 0.0586. The van der Waals surface area contributed by atoms with E-state index in [0.717, 1.165) is 24.2 Å². The Labute approximate surface area is 168 Å². The number of amides is 1. The molecule has 6 nitrogen and oxygen atoms in total. The number of aromatic amines is 1. The maximum Gasteiger partial charge on any atom is 0.271 e. The topological polar surface area (TPSA) is 71.0 Å². The summed E-state index contributed by atoms with van der Waals surface area (Å²) in [7, 11) is 1.93. The van der Waals surface area contributed by atoms with Crippen LogP contribution in [-0.2, 0) is 7.05 Å². The highest BCUT2D eigenvalue weighted by Crippen LogP contribution is 2.24. The van der Waals surface area contributed by atoms with Gasteiger partial charge in [0.2, 0.25) is 0 Å². The van der Waals surface area contributed by atoms with Crippen molar-refractivity contribution in [1.82, 2.24) is 19.7 Å². The van der Waals surface area contributed by atoms with Crippen LogP contribution in [0.3, 0.4) is 0 Å². The third-order valence-corrected chi connectivity index (χ3v) is 5.47. The lowest BCUT2D eigenvalue weighted by atomic mass is 9.90. The Kier molecular flexibility index (Phi) is 5.05. The van der Waals surface area contributed by atoms with E-state index in [1.54, 1.807) is 35.2 Å². The number of Topliss-reactive ketones (excluding diaryl/α,β-unsaturated/α-hetero) is 1. The number of nitrogens with zero attached hydrogens (tertiary/aromatic N) is 3. The second kappa shape index (κ2) is 7.64. The normalized spacial score (nSPS) is 16.9. The zero-order chi connectivity index (χ0) is 19.7. The van der Waals surface area contributed by atoms with Crippen molar-refractivity contribution in [1.29, 1.82) is 0 Å². The van der Waals surface area contributed by atoms with Gasteiger partial charge in [0.25, 0.3) is 5.91 Å². The zero-order valence-corrected chi connectivity index (χ0v) is 16.3. The number of piperidine rings is 1. The number of halogens is 1. The van der Waals surface area contributed by atoms with E-state index >= 15 is 0 Å². The third kappa shape index (κ3) is 3.60. The second-order valence-corrected chi connectivity index (χ2v) is 7.57.